The van der Waals surface area contributed by atoms with Gasteiger partial charge in [-0.3, -0.25) is 9.78 Å². The molecule has 0 radical (unpaired) electrons. The van der Waals surface area contributed by atoms with E-state index in [1.54, 1.807) is 18.6 Å². The molecule has 1 saturated heterocycles. The number of hydrogen-bond donors (Lipinski definition) is 0. The summed E-state index contributed by atoms with van der Waals surface area (Å²) in [6, 6.07) is 7.24. The molecule has 0 unspecified atom stereocenters. The lowest BCUT2D eigenvalue weighted by Gasteiger charge is -2.33. The number of carbonyl (C=O) groups is 1. The third kappa shape index (κ3) is 3.85. The van der Waals surface area contributed by atoms with Gasteiger partial charge in [0.25, 0.3) is 5.91 Å². The molecule has 1 aliphatic rings. The maximum absolute atomic E-state index is 14.1. The van der Waals surface area contributed by atoms with E-state index in [4.69, 9.17) is 0 Å². The van der Waals surface area contributed by atoms with Crippen LogP contribution in [0.25, 0.3) is 11.1 Å². The topological polar surface area (TPSA) is 59.0 Å². The van der Waals surface area contributed by atoms with Crippen LogP contribution >= 0.6 is 0 Å². The van der Waals surface area contributed by atoms with E-state index in [0.29, 0.717) is 18.9 Å². The van der Waals surface area contributed by atoms with Crippen molar-refractivity contribution in [2.75, 3.05) is 13.1 Å². The Bertz CT molecular complexity index is 1020. The molecule has 1 fully saturated rings. The van der Waals surface area contributed by atoms with Crippen LogP contribution in [0, 0.1) is 18.6 Å². The molecule has 0 N–H and O–H groups in total. The average Bonchev–Trinajstić information content (AvgIpc) is 2.74. The number of carbonyl (C=O) groups excluding carboxylic acids is 1. The normalized spacial score (nSPS) is 16.7. The molecular formula is C22H20F2N4O. The van der Waals surface area contributed by atoms with Gasteiger partial charge in [0, 0.05) is 43.2 Å². The molecule has 3 aromatic rings. The van der Waals surface area contributed by atoms with Gasteiger partial charge in [-0.25, -0.2) is 18.7 Å². The summed E-state index contributed by atoms with van der Waals surface area (Å²) in [4.78, 5) is 27.4. The highest BCUT2D eigenvalue weighted by Gasteiger charge is 2.30. The van der Waals surface area contributed by atoms with Gasteiger partial charge in [0.05, 0.1) is 5.69 Å². The molecule has 2 aromatic heterocycles. The molecule has 0 spiro atoms. The number of halogens is 2. The zero-order valence-corrected chi connectivity index (χ0v) is 16.0. The van der Waals surface area contributed by atoms with Gasteiger partial charge in [-0.1, -0.05) is 6.07 Å². The molecule has 148 valence electrons. The highest BCUT2D eigenvalue weighted by Crippen LogP contribution is 2.33. The SMILES string of the molecule is Cc1ncc(-c2ccncc2)c([C@H]2CCCN(C(=O)c3c(F)cccc3F)C2)n1. The Hall–Kier alpha value is -3.22. The first kappa shape index (κ1) is 19.1. The molecule has 5 nitrogen and oxygen atoms in total. The summed E-state index contributed by atoms with van der Waals surface area (Å²) in [6.07, 6.45) is 6.75. The summed E-state index contributed by atoms with van der Waals surface area (Å²) in [7, 11) is 0. The fourth-order valence-electron chi connectivity index (χ4n) is 3.80. The number of hydrogen-bond acceptors (Lipinski definition) is 4. The molecule has 1 atom stereocenters. The highest BCUT2D eigenvalue weighted by atomic mass is 19.1. The molecular weight excluding hydrogens is 374 g/mol. The van der Waals surface area contributed by atoms with Gasteiger partial charge in [-0.05, 0) is 49.6 Å². The maximum Gasteiger partial charge on any atom is 0.259 e. The number of pyridine rings is 1. The standard InChI is InChI=1S/C22H20F2N4O/c1-14-26-12-17(15-7-9-25-10-8-15)21(27-14)16-4-3-11-28(13-16)22(29)20-18(23)5-2-6-19(20)24/h2,5-10,12,16H,3-4,11,13H2,1H3/t16-/m0/s1. The summed E-state index contributed by atoms with van der Waals surface area (Å²) in [5.41, 5.74) is 2.17. The third-order valence-corrected chi connectivity index (χ3v) is 5.20. The van der Waals surface area contributed by atoms with Crippen molar-refractivity contribution in [3.63, 3.8) is 0 Å². The Labute approximate surface area is 167 Å². The van der Waals surface area contributed by atoms with Crippen LogP contribution in [0.4, 0.5) is 8.78 Å². The lowest BCUT2D eigenvalue weighted by Crippen LogP contribution is -2.40. The number of rotatable bonds is 3. The quantitative estimate of drug-likeness (QED) is 0.670. The number of nitrogens with zero attached hydrogens (tertiary/aromatic N) is 4. The first-order chi connectivity index (χ1) is 14.0. The number of benzene rings is 1. The van der Waals surface area contributed by atoms with Crippen molar-refractivity contribution in [3.05, 3.63) is 77.6 Å². The van der Waals surface area contributed by atoms with Crippen molar-refractivity contribution >= 4 is 5.91 Å². The summed E-state index contributed by atoms with van der Waals surface area (Å²) >= 11 is 0. The minimum atomic E-state index is -0.840. The zero-order valence-electron chi connectivity index (χ0n) is 16.0. The molecule has 0 saturated carbocycles. The van der Waals surface area contributed by atoms with Gasteiger partial charge >= 0.3 is 0 Å². The highest BCUT2D eigenvalue weighted by molar-refractivity contribution is 5.95. The minimum Gasteiger partial charge on any atom is -0.338 e. The van der Waals surface area contributed by atoms with Gasteiger partial charge in [0.2, 0.25) is 0 Å². The Morgan fingerprint density at radius 1 is 1.14 bits per heavy atom. The number of amides is 1. The van der Waals surface area contributed by atoms with Crippen molar-refractivity contribution < 1.29 is 13.6 Å². The lowest BCUT2D eigenvalue weighted by atomic mass is 9.89. The molecule has 4 rings (SSSR count). The van der Waals surface area contributed by atoms with E-state index in [2.05, 4.69) is 15.0 Å². The molecule has 1 amide bonds. The van der Waals surface area contributed by atoms with Crippen LogP contribution in [0.2, 0.25) is 0 Å². The van der Waals surface area contributed by atoms with Crippen molar-refractivity contribution in [2.24, 2.45) is 0 Å². The van der Waals surface area contributed by atoms with Crippen LogP contribution < -0.4 is 0 Å². The number of aryl methyl sites for hydroxylation is 1. The first-order valence-corrected chi connectivity index (χ1v) is 9.52. The van der Waals surface area contributed by atoms with Crippen LogP contribution in [0.5, 0.6) is 0 Å². The lowest BCUT2D eigenvalue weighted by molar-refractivity contribution is 0.0696. The number of likely N-dealkylation sites (tertiary alicyclic amines) is 1. The van der Waals surface area contributed by atoms with Crippen molar-refractivity contribution in [1.29, 1.82) is 0 Å². The van der Waals surface area contributed by atoms with Crippen molar-refractivity contribution in [2.45, 2.75) is 25.7 Å². The fraction of sp³-hybridized carbons (Fsp3) is 0.273. The fourth-order valence-corrected chi connectivity index (χ4v) is 3.80. The Morgan fingerprint density at radius 2 is 1.86 bits per heavy atom. The van der Waals surface area contributed by atoms with E-state index in [1.807, 2.05) is 19.1 Å². The van der Waals surface area contributed by atoms with Gasteiger partial charge in [-0.15, -0.1) is 0 Å². The minimum absolute atomic E-state index is 0.0487. The van der Waals surface area contributed by atoms with E-state index in [9.17, 15) is 13.6 Å². The van der Waals surface area contributed by atoms with Crippen LogP contribution in [0.3, 0.4) is 0 Å². The summed E-state index contributed by atoms with van der Waals surface area (Å²) < 4.78 is 28.2. The van der Waals surface area contributed by atoms with Crippen molar-refractivity contribution in [3.8, 4) is 11.1 Å². The van der Waals surface area contributed by atoms with Gasteiger partial charge in [0.15, 0.2) is 0 Å². The third-order valence-electron chi connectivity index (χ3n) is 5.20. The van der Waals surface area contributed by atoms with Gasteiger partial charge < -0.3 is 4.90 Å². The summed E-state index contributed by atoms with van der Waals surface area (Å²) in [5, 5.41) is 0. The molecule has 7 heteroatoms. The van der Waals surface area contributed by atoms with Crippen LogP contribution in [-0.2, 0) is 0 Å². The Morgan fingerprint density at radius 3 is 2.59 bits per heavy atom. The second kappa shape index (κ2) is 8.03. The number of piperidine rings is 1. The zero-order chi connectivity index (χ0) is 20.4. The molecule has 0 bridgehead atoms. The molecule has 3 heterocycles. The van der Waals surface area contributed by atoms with Crippen molar-refractivity contribution in [1.82, 2.24) is 19.9 Å². The van der Waals surface area contributed by atoms with E-state index >= 15 is 0 Å². The van der Waals surface area contributed by atoms with E-state index < -0.39 is 23.1 Å². The predicted octanol–water partition coefficient (Wildman–Crippen LogP) is 4.15. The Kier molecular flexibility index (Phi) is 5.29. The molecule has 29 heavy (non-hydrogen) atoms. The summed E-state index contributed by atoms with van der Waals surface area (Å²) in [5.74, 6) is -1.71. The van der Waals surface area contributed by atoms with Gasteiger partial charge in [-0.2, -0.15) is 0 Å². The monoisotopic (exact) mass is 394 g/mol. The molecule has 0 aliphatic carbocycles. The average molecular weight is 394 g/mol. The maximum atomic E-state index is 14.1. The second-order valence-electron chi connectivity index (χ2n) is 7.14. The predicted molar refractivity (Wildman–Crippen MR) is 104 cm³/mol. The van der Waals surface area contributed by atoms with E-state index in [0.717, 1.165) is 41.8 Å². The van der Waals surface area contributed by atoms with Crippen LogP contribution in [-0.4, -0.2) is 38.8 Å². The van der Waals surface area contributed by atoms with Crippen LogP contribution in [0.15, 0.2) is 48.9 Å². The Balaban J connectivity index is 1.66. The van der Waals surface area contributed by atoms with E-state index in [1.165, 1.54) is 11.0 Å². The smallest absolute Gasteiger partial charge is 0.259 e. The number of aromatic nitrogens is 3. The van der Waals surface area contributed by atoms with E-state index in [-0.39, 0.29) is 5.92 Å². The molecule has 1 aliphatic heterocycles. The van der Waals surface area contributed by atoms with Crippen LogP contribution in [0.1, 0.15) is 40.6 Å². The van der Waals surface area contributed by atoms with Gasteiger partial charge in [0.1, 0.15) is 23.0 Å². The largest absolute Gasteiger partial charge is 0.338 e. The second-order valence-corrected chi connectivity index (χ2v) is 7.14. The molecule has 1 aromatic carbocycles. The summed E-state index contributed by atoms with van der Waals surface area (Å²) in [6.45, 7) is 2.62. The first-order valence-electron chi connectivity index (χ1n) is 9.52.